The summed E-state index contributed by atoms with van der Waals surface area (Å²) in [7, 11) is 0. The fourth-order valence-electron chi connectivity index (χ4n) is 3.84. The second-order valence-electron chi connectivity index (χ2n) is 8.52. The maximum atomic E-state index is 13.3. The Kier molecular flexibility index (Phi) is 4.41. The fourth-order valence-corrected chi connectivity index (χ4v) is 4.92. The van der Waals surface area contributed by atoms with Gasteiger partial charge in [0.2, 0.25) is 5.91 Å². The van der Waals surface area contributed by atoms with E-state index in [9.17, 15) is 9.59 Å². The Morgan fingerprint density at radius 2 is 2.00 bits per heavy atom. The zero-order valence-electron chi connectivity index (χ0n) is 16.2. The largest absolute Gasteiger partial charge is 0.309 e. The van der Waals surface area contributed by atoms with Gasteiger partial charge < -0.3 is 4.90 Å². The fraction of sp³-hybridized carbons (Fsp3) is 0.476. The zero-order chi connectivity index (χ0) is 19.3. The van der Waals surface area contributed by atoms with E-state index < -0.39 is 0 Å². The number of para-hydroxylation sites is 1. The molecule has 3 heterocycles. The minimum atomic E-state index is -0.212. The smallest absolute Gasteiger partial charge is 0.254 e. The topological polar surface area (TPSA) is 55.2 Å². The van der Waals surface area contributed by atoms with Gasteiger partial charge in [0.1, 0.15) is 0 Å². The highest BCUT2D eigenvalue weighted by molar-refractivity contribution is 7.99. The first-order chi connectivity index (χ1) is 12.8. The van der Waals surface area contributed by atoms with Gasteiger partial charge in [0, 0.05) is 35.5 Å². The van der Waals surface area contributed by atoms with E-state index in [1.807, 2.05) is 23.1 Å². The predicted octanol–water partition coefficient (Wildman–Crippen LogP) is 3.24. The summed E-state index contributed by atoms with van der Waals surface area (Å²) in [5.74, 6) is 0.554. The summed E-state index contributed by atoms with van der Waals surface area (Å²) >= 11 is 1.52. The van der Waals surface area contributed by atoms with Crippen molar-refractivity contribution < 1.29 is 4.79 Å². The molecule has 2 aliphatic heterocycles. The van der Waals surface area contributed by atoms with Crippen LogP contribution >= 0.6 is 11.8 Å². The van der Waals surface area contributed by atoms with Crippen LogP contribution in [0.2, 0.25) is 0 Å². The molecule has 0 saturated carbocycles. The molecule has 2 unspecified atom stereocenters. The van der Waals surface area contributed by atoms with Crippen LogP contribution in [-0.4, -0.2) is 27.3 Å². The molecule has 0 N–H and O–H groups in total. The maximum absolute atomic E-state index is 13.3. The lowest BCUT2D eigenvalue weighted by Crippen LogP contribution is -2.45. The van der Waals surface area contributed by atoms with Gasteiger partial charge in [-0.05, 0) is 25.0 Å². The number of aromatic nitrogens is 2. The van der Waals surface area contributed by atoms with Gasteiger partial charge in [-0.3, -0.25) is 14.2 Å². The van der Waals surface area contributed by atoms with Gasteiger partial charge in [0.05, 0.1) is 11.6 Å². The summed E-state index contributed by atoms with van der Waals surface area (Å²) < 4.78 is 1.67. The number of amides is 1. The number of thioether (sulfide) groups is 1. The Labute approximate surface area is 163 Å². The Balaban J connectivity index is 1.62. The van der Waals surface area contributed by atoms with Crippen molar-refractivity contribution in [2.75, 3.05) is 10.7 Å². The maximum Gasteiger partial charge on any atom is 0.254 e. The van der Waals surface area contributed by atoms with Crippen LogP contribution in [-0.2, 0) is 23.2 Å². The van der Waals surface area contributed by atoms with Crippen molar-refractivity contribution in [2.24, 2.45) is 5.92 Å². The monoisotopic (exact) mass is 383 g/mol. The lowest BCUT2D eigenvalue weighted by atomic mass is 9.92. The molecule has 4 rings (SSSR count). The van der Waals surface area contributed by atoms with Gasteiger partial charge in [0.15, 0.2) is 5.16 Å². The molecule has 1 aromatic carbocycles. The van der Waals surface area contributed by atoms with Gasteiger partial charge in [-0.15, -0.1) is 0 Å². The number of anilines is 1. The first kappa shape index (κ1) is 18.3. The molecule has 2 aliphatic rings. The molecular formula is C21H25N3O2S. The summed E-state index contributed by atoms with van der Waals surface area (Å²) in [6.45, 7) is 8.65. The number of hydrogen-bond acceptors (Lipinski definition) is 4. The highest BCUT2D eigenvalue weighted by Gasteiger charge is 2.37. The van der Waals surface area contributed by atoms with Gasteiger partial charge in [-0.1, -0.05) is 50.7 Å². The number of rotatable bonds is 1. The van der Waals surface area contributed by atoms with Crippen molar-refractivity contribution in [2.45, 2.75) is 57.3 Å². The van der Waals surface area contributed by atoms with Gasteiger partial charge >= 0.3 is 0 Å². The average Bonchev–Trinajstić information content (AvgIpc) is 2.95. The standard InChI is InChI=1S/C21H25N3O2S/c1-13-9-14-7-5-6-8-16(14)24(13)19(26)15-11-23-18(25)10-17(21(2,3)4)22-20(23)27-12-15/h5-8,10,13,15H,9,11-12H2,1-4H3. The molecule has 2 atom stereocenters. The molecule has 0 aliphatic carbocycles. The van der Waals surface area contributed by atoms with E-state index in [1.165, 1.54) is 17.3 Å². The number of nitrogens with zero attached hydrogens (tertiary/aromatic N) is 3. The van der Waals surface area contributed by atoms with Crippen molar-refractivity contribution in [3.8, 4) is 0 Å². The van der Waals surface area contributed by atoms with Crippen LogP contribution in [0.25, 0.3) is 0 Å². The Hall–Kier alpha value is -2.08. The third kappa shape index (κ3) is 3.20. The van der Waals surface area contributed by atoms with E-state index in [2.05, 4.69) is 38.7 Å². The van der Waals surface area contributed by atoms with Crippen LogP contribution in [0.4, 0.5) is 5.69 Å². The molecule has 1 aromatic heterocycles. The molecule has 0 radical (unpaired) electrons. The summed E-state index contributed by atoms with van der Waals surface area (Å²) in [5.41, 5.74) is 2.80. The molecule has 2 aromatic rings. The number of hydrogen-bond donors (Lipinski definition) is 0. The summed E-state index contributed by atoms with van der Waals surface area (Å²) in [5, 5.41) is 0.728. The Morgan fingerprint density at radius 3 is 2.74 bits per heavy atom. The number of fused-ring (bicyclic) bond motifs is 2. The minimum absolute atomic E-state index is 0.0650. The second-order valence-corrected chi connectivity index (χ2v) is 9.51. The SMILES string of the molecule is CC1Cc2ccccc2N1C(=O)C1CSc2nc(C(C)(C)C)cc(=O)n2C1. The van der Waals surface area contributed by atoms with E-state index in [0.717, 1.165) is 23.0 Å². The molecule has 1 amide bonds. The first-order valence-corrected chi connectivity index (χ1v) is 10.4. The molecule has 0 bridgehead atoms. The molecule has 6 heteroatoms. The predicted molar refractivity (Wildman–Crippen MR) is 109 cm³/mol. The number of carbonyl (C=O) groups excluding carboxylic acids is 1. The molecule has 5 nitrogen and oxygen atoms in total. The minimum Gasteiger partial charge on any atom is -0.309 e. The molecule has 0 saturated heterocycles. The highest BCUT2D eigenvalue weighted by atomic mass is 32.2. The van der Waals surface area contributed by atoms with E-state index in [4.69, 9.17) is 0 Å². The van der Waals surface area contributed by atoms with E-state index in [-0.39, 0.29) is 28.8 Å². The van der Waals surface area contributed by atoms with E-state index >= 15 is 0 Å². The molecule has 142 valence electrons. The zero-order valence-corrected chi connectivity index (χ0v) is 17.0. The van der Waals surface area contributed by atoms with Crippen LogP contribution in [0.3, 0.4) is 0 Å². The van der Waals surface area contributed by atoms with Crippen molar-refractivity contribution in [3.05, 3.63) is 51.9 Å². The summed E-state index contributed by atoms with van der Waals surface area (Å²) in [6, 6.07) is 9.87. The Morgan fingerprint density at radius 1 is 1.26 bits per heavy atom. The third-order valence-corrected chi connectivity index (χ3v) is 6.49. The van der Waals surface area contributed by atoms with Crippen LogP contribution in [0.1, 0.15) is 39.0 Å². The molecular weight excluding hydrogens is 358 g/mol. The average molecular weight is 384 g/mol. The molecule has 0 spiro atoms. The summed E-state index contributed by atoms with van der Waals surface area (Å²) in [6.07, 6.45) is 0.884. The van der Waals surface area contributed by atoms with Gasteiger partial charge in [-0.25, -0.2) is 4.98 Å². The van der Waals surface area contributed by atoms with Gasteiger partial charge in [0.25, 0.3) is 5.56 Å². The van der Waals surface area contributed by atoms with E-state index in [0.29, 0.717) is 12.3 Å². The van der Waals surface area contributed by atoms with Crippen LogP contribution in [0.5, 0.6) is 0 Å². The third-order valence-electron chi connectivity index (χ3n) is 5.35. The van der Waals surface area contributed by atoms with Crippen molar-refractivity contribution in [1.29, 1.82) is 0 Å². The normalized spacial score (nSPS) is 21.7. The number of carbonyl (C=O) groups is 1. The molecule has 27 heavy (non-hydrogen) atoms. The Bertz CT molecular complexity index is 961. The highest BCUT2D eigenvalue weighted by Crippen LogP contribution is 2.35. The van der Waals surface area contributed by atoms with Gasteiger partial charge in [-0.2, -0.15) is 0 Å². The summed E-state index contributed by atoms with van der Waals surface area (Å²) in [4.78, 5) is 32.6. The van der Waals surface area contributed by atoms with Crippen molar-refractivity contribution >= 4 is 23.4 Å². The van der Waals surface area contributed by atoms with Crippen molar-refractivity contribution in [3.63, 3.8) is 0 Å². The lowest BCUT2D eigenvalue weighted by molar-refractivity contribution is -0.122. The van der Waals surface area contributed by atoms with Crippen LogP contribution in [0.15, 0.2) is 40.3 Å². The lowest BCUT2D eigenvalue weighted by Gasteiger charge is -2.31. The number of benzene rings is 1. The first-order valence-electron chi connectivity index (χ1n) is 9.42. The second kappa shape index (κ2) is 6.51. The molecule has 0 fully saturated rings. The van der Waals surface area contributed by atoms with Crippen LogP contribution in [0, 0.1) is 5.92 Å². The van der Waals surface area contributed by atoms with Crippen molar-refractivity contribution in [1.82, 2.24) is 9.55 Å². The quantitative estimate of drug-likeness (QED) is 0.710. The van der Waals surface area contributed by atoms with E-state index in [1.54, 1.807) is 10.6 Å². The van der Waals surface area contributed by atoms with Crippen LogP contribution < -0.4 is 10.5 Å².